The van der Waals surface area contributed by atoms with Gasteiger partial charge in [0.25, 0.3) is 10.1 Å². The first-order chi connectivity index (χ1) is 10.6. The van der Waals surface area contributed by atoms with Crippen LogP contribution in [0.4, 0.5) is 34.6 Å². The van der Waals surface area contributed by atoms with Crippen molar-refractivity contribution in [3.63, 3.8) is 0 Å². The Morgan fingerprint density at radius 3 is 1.52 bits per heavy atom. The Morgan fingerprint density at radius 1 is 0.826 bits per heavy atom. The molecule has 6 nitrogen and oxygen atoms in total. The molecule has 23 heavy (non-hydrogen) atoms. The molecular formula is C12H7F4N3O3S. The molecule has 0 atom stereocenters. The molecule has 2 aromatic rings. The summed E-state index contributed by atoms with van der Waals surface area (Å²) in [5.41, 5.74) is 2.94. The van der Waals surface area contributed by atoms with Crippen molar-refractivity contribution in [1.29, 1.82) is 0 Å². The third-order valence-electron chi connectivity index (χ3n) is 2.58. The van der Waals surface area contributed by atoms with Crippen LogP contribution in [0.2, 0.25) is 0 Å². The number of nitrogens with two attached hydrogens (primary N) is 1. The molecule has 0 amide bonds. The lowest BCUT2D eigenvalue weighted by Crippen LogP contribution is -2.00. The van der Waals surface area contributed by atoms with Crippen molar-refractivity contribution in [3.05, 3.63) is 47.5 Å². The van der Waals surface area contributed by atoms with E-state index in [0.29, 0.717) is 0 Å². The van der Waals surface area contributed by atoms with E-state index in [1.54, 1.807) is 0 Å². The molecule has 0 spiro atoms. The third-order valence-corrected chi connectivity index (χ3v) is 3.41. The summed E-state index contributed by atoms with van der Waals surface area (Å²) in [6.45, 7) is 0. The second-order valence-corrected chi connectivity index (χ2v) is 5.67. The zero-order valence-electron chi connectivity index (χ0n) is 11.0. The van der Waals surface area contributed by atoms with Crippen molar-refractivity contribution in [2.75, 3.05) is 5.73 Å². The summed E-state index contributed by atoms with van der Waals surface area (Å²) in [5, 5.41) is 6.09. The van der Waals surface area contributed by atoms with E-state index < -0.39 is 49.7 Å². The molecule has 0 saturated carbocycles. The second-order valence-electron chi connectivity index (χ2n) is 4.24. The van der Waals surface area contributed by atoms with Gasteiger partial charge in [-0.15, -0.1) is 10.2 Å². The van der Waals surface area contributed by atoms with Gasteiger partial charge < -0.3 is 5.73 Å². The Labute approximate surface area is 127 Å². The summed E-state index contributed by atoms with van der Waals surface area (Å²) in [5.74, 6) is -5.42. The van der Waals surface area contributed by atoms with Gasteiger partial charge in [-0.2, -0.15) is 8.42 Å². The topological polar surface area (TPSA) is 105 Å². The predicted octanol–water partition coefficient (Wildman–Crippen LogP) is 3.49. The molecule has 0 unspecified atom stereocenters. The van der Waals surface area contributed by atoms with E-state index >= 15 is 0 Å². The fraction of sp³-hybridized carbons (Fsp3) is 0. The van der Waals surface area contributed by atoms with Gasteiger partial charge in [0.2, 0.25) is 0 Å². The van der Waals surface area contributed by atoms with E-state index in [2.05, 4.69) is 10.2 Å². The molecule has 2 rings (SSSR count). The molecule has 122 valence electrons. The highest BCUT2D eigenvalue weighted by molar-refractivity contribution is 7.85. The van der Waals surface area contributed by atoms with Gasteiger partial charge in [-0.05, 0) is 24.3 Å². The van der Waals surface area contributed by atoms with Gasteiger partial charge in [0.15, 0.2) is 34.6 Å². The van der Waals surface area contributed by atoms with Crippen LogP contribution in [0.1, 0.15) is 0 Å². The third kappa shape index (κ3) is 3.63. The number of hydrogen-bond donors (Lipinski definition) is 2. The average Bonchev–Trinajstić information content (AvgIpc) is 2.38. The van der Waals surface area contributed by atoms with Crippen molar-refractivity contribution in [3.8, 4) is 0 Å². The highest BCUT2D eigenvalue weighted by Gasteiger charge is 2.18. The number of nitrogen functional groups attached to an aromatic ring is 1. The fourth-order valence-electron chi connectivity index (χ4n) is 1.57. The second kappa shape index (κ2) is 5.93. The van der Waals surface area contributed by atoms with Crippen molar-refractivity contribution >= 4 is 27.2 Å². The maximum atomic E-state index is 13.6. The molecule has 0 bridgehead atoms. The Kier molecular flexibility index (Phi) is 4.34. The van der Waals surface area contributed by atoms with Crippen LogP contribution in [0.25, 0.3) is 0 Å². The van der Waals surface area contributed by atoms with Crippen LogP contribution in [-0.2, 0) is 10.1 Å². The molecular weight excluding hydrogens is 342 g/mol. The fourth-order valence-corrected chi connectivity index (χ4v) is 2.07. The minimum atomic E-state index is -4.84. The predicted molar refractivity (Wildman–Crippen MR) is 71.1 cm³/mol. The summed E-state index contributed by atoms with van der Waals surface area (Å²) < 4.78 is 84.5. The molecule has 0 fully saturated rings. The van der Waals surface area contributed by atoms with Gasteiger partial charge >= 0.3 is 0 Å². The molecule has 0 aromatic heterocycles. The van der Waals surface area contributed by atoms with Crippen LogP contribution < -0.4 is 5.73 Å². The maximum Gasteiger partial charge on any atom is 0.294 e. The summed E-state index contributed by atoms with van der Waals surface area (Å²) in [6, 6.07) is 2.02. The molecule has 0 aliphatic heterocycles. The number of anilines is 1. The molecule has 0 aliphatic carbocycles. The molecule has 0 heterocycles. The zero-order chi connectivity index (χ0) is 17.4. The van der Waals surface area contributed by atoms with Crippen LogP contribution in [0, 0.1) is 23.3 Å². The van der Waals surface area contributed by atoms with Crippen LogP contribution in [-0.4, -0.2) is 13.0 Å². The monoisotopic (exact) mass is 349 g/mol. The smallest absolute Gasteiger partial charge is 0.294 e. The first-order valence-electron chi connectivity index (χ1n) is 5.72. The number of azo groups is 1. The Bertz CT molecular complexity index is 870. The van der Waals surface area contributed by atoms with Gasteiger partial charge in [-0.1, -0.05) is 0 Å². The normalized spacial score (nSPS) is 12.0. The van der Waals surface area contributed by atoms with Gasteiger partial charge in [0.05, 0.1) is 4.90 Å². The Balaban J connectivity index is 2.49. The van der Waals surface area contributed by atoms with Gasteiger partial charge in [-0.25, -0.2) is 17.6 Å². The molecule has 0 aliphatic rings. The number of hydrogen-bond acceptors (Lipinski definition) is 5. The van der Waals surface area contributed by atoms with Crippen molar-refractivity contribution < 1.29 is 30.5 Å². The number of benzene rings is 2. The van der Waals surface area contributed by atoms with Crippen molar-refractivity contribution in [1.82, 2.24) is 0 Å². The molecule has 2 aromatic carbocycles. The van der Waals surface area contributed by atoms with E-state index in [1.165, 1.54) is 0 Å². The van der Waals surface area contributed by atoms with Crippen molar-refractivity contribution in [2.24, 2.45) is 10.2 Å². The minimum absolute atomic E-state index is 0.228. The number of halogens is 4. The first-order valence-corrected chi connectivity index (χ1v) is 7.16. The van der Waals surface area contributed by atoms with E-state index in [1.807, 2.05) is 0 Å². The highest BCUT2D eigenvalue weighted by atomic mass is 32.2. The van der Waals surface area contributed by atoms with E-state index in [0.717, 1.165) is 12.1 Å². The Hall–Kier alpha value is -2.53. The van der Waals surface area contributed by atoms with E-state index in [-0.39, 0.29) is 17.8 Å². The lowest BCUT2D eigenvalue weighted by molar-refractivity contribution is 0.480. The van der Waals surface area contributed by atoms with Crippen LogP contribution >= 0.6 is 0 Å². The first kappa shape index (κ1) is 16.8. The summed E-state index contributed by atoms with van der Waals surface area (Å²) in [7, 11) is -4.84. The number of rotatable bonds is 3. The van der Waals surface area contributed by atoms with Crippen LogP contribution in [0.5, 0.6) is 0 Å². The summed E-state index contributed by atoms with van der Waals surface area (Å²) >= 11 is 0. The maximum absolute atomic E-state index is 13.6. The standard InChI is InChI=1S/C12H7F4N3O3S/c13-7-1-5(17)2-8(14)11(7)18-19-12-9(15)3-6(4-10(12)16)23(20,21)22/h1-4H,17H2,(H,20,21,22)/b19-18+. The average molecular weight is 349 g/mol. The quantitative estimate of drug-likeness (QED) is 0.383. The summed E-state index contributed by atoms with van der Waals surface area (Å²) in [6.07, 6.45) is 0. The molecule has 0 radical (unpaired) electrons. The van der Waals surface area contributed by atoms with E-state index in [4.69, 9.17) is 10.3 Å². The minimum Gasteiger partial charge on any atom is -0.399 e. The number of nitrogens with zero attached hydrogens (tertiary/aromatic N) is 2. The Morgan fingerprint density at radius 2 is 1.17 bits per heavy atom. The van der Waals surface area contributed by atoms with Gasteiger partial charge in [0.1, 0.15) is 0 Å². The lowest BCUT2D eigenvalue weighted by atomic mass is 10.2. The summed E-state index contributed by atoms with van der Waals surface area (Å²) in [4.78, 5) is -1.05. The van der Waals surface area contributed by atoms with Crippen LogP contribution in [0.15, 0.2) is 39.4 Å². The largest absolute Gasteiger partial charge is 0.399 e. The SMILES string of the molecule is Nc1cc(F)c(/N=N/c2c(F)cc(S(=O)(=O)O)cc2F)c(F)c1. The molecule has 3 N–H and O–H groups in total. The lowest BCUT2D eigenvalue weighted by Gasteiger charge is -2.03. The van der Waals surface area contributed by atoms with Crippen molar-refractivity contribution in [2.45, 2.75) is 4.90 Å². The zero-order valence-corrected chi connectivity index (χ0v) is 11.8. The van der Waals surface area contributed by atoms with E-state index in [9.17, 15) is 26.0 Å². The van der Waals surface area contributed by atoms with Gasteiger partial charge in [0, 0.05) is 5.69 Å². The molecule has 0 saturated heterocycles. The molecule has 11 heteroatoms. The van der Waals surface area contributed by atoms with Crippen LogP contribution in [0.3, 0.4) is 0 Å². The highest BCUT2D eigenvalue weighted by Crippen LogP contribution is 2.30. The van der Waals surface area contributed by atoms with Gasteiger partial charge in [-0.3, -0.25) is 4.55 Å².